The Kier molecular flexibility index (Phi) is 5.67. The van der Waals surface area contributed by atoms with Crippen molar-refractivity contribution in [2.75, 3.05) is 19.0 Å². The zero-order chi connectivity index (χ0) is 15.3. The molecule has 0 bridgehead atoms. The highest BCUT2D eigenvalue weighted by Gasteiger charge is 2.41. The van der Waals surface area contributed by atoms with Crippen LogP contribution in [0.25, 0.3) is 0 Å². The predicted octanol–water partition coefficient (Wildman–Crippen LogP) is 2.81. The van der Waals surface area contributed by atoms with Gasteiger partial charge in [-0.2, -0.15) is 8.78 Å². The first-order valence-electron chi connectivity index (χ1n) is 6.09. The molecule has 4 nitrogen and oxygen atoms in total. The second-order valence-electron chi connectivity index (χ2n) is 4.22. The Balaban J connectivity index is 2.74. The lowest BCUT2D eigenvalue weighted by atomic mass is 10.2. The third kappa shape index (κ3) is 4.03. The van der Waals surface area contributed by atoms with Crippen LogP contribution in [0.15, 0.2) is 0 Å². The van der Waals surface area contributed by atoms with Gasteiger partial charge in [0, 0.05) is 18.3 Å². The zero-order valence-corrected chi connectivity index (χ0v) is 11.5. The number of hydrogen-bond donors (Lipinski definition) is 1. The van der Waals surface area contributed by atoms with E-state index in [2.05, 4.69) is 20.0 Å². The Morgan fingerprint density at radius 2 is 1.95 bits per heavy atom. The van der Waals surface area contributed by atoms with Crippen molar-refractivity contribution < 1.29 is 22.3 Å². The molecular formula is C12H17F4N3O. The number of rotatable bonds is 7. The maximum Gasteiger partial charge on any atom is 0.330 e. The summed E-state index contributed by atoms with van der Waals surface area (Å²) in [6, 6.07) is 0. The molecule has 1 aromatic rings. The molecule has 0 fully saturated rings. The Bertz CT molecular complexity index is 429. The maximum atomic E-state index is 12.7. The van der Waals surface area contributed by atoms with Gasteiger partial charge in [0.1, 0.15) is 19.0 Å². The summed E-state index contributed by atoms with van der Waals surface area (Å²) < 4.78 is 53.9. The Morgan fingerprint density at radius 1 is 1.30 bits per heavy atom. The van der Waals surface area contributed by atoms with Crippen molar-refractivity contribution in [1.29, 1.82) is 0 Å². The van der Waals surface area contributed by atoms with Crippen LogP contribution in [0.1, 0.15) is 24.0 Å². The van der Waals surface area contributed by atoms with E-state index in [0.29, 0.717) is 12.2 Å². The van der Waals surface area contributed by atoms with Gasteiger partial charge in [0.25, 0.3) is 0 Å². The Labute approximate surface area is 114 Å². The number of aromatic nitrogens is 2. The molecule has 0 aromatic carbocycles. The average Bonchev–Trinajstić information content (AvgIpc) is 2.39. The van der Waals surface area contributed by atoms with Gasteiger partial charge in [-0.25, -0.2) is 18.7 Å². The Hall–Kier alpha value is -1.44. The number of hydrogen-bond acceptors (Lipinski definition) is 4. The third-order valence-corrected chi connectivity index (χ3v) is 2.71. The van der Waals surface area contributed by atoms with Crippen molar-refractivity contribution in [1.82, 2.24) is 9.97 Å². The van der Waals surface area contributed by atoms with E-state index in [0.717, 1.165) is 11.3 Å². The SMILES string of the molecule is CCc1nc(COCC(F)(F)C(F)F)nc(NC)c1C. The molecule has 1 rings (SSSR count). The third-order valence-electron chi connectivity index (χ3n) is 2.71. The van der Waals surface area contributed by atoms with Crippen LogP contribution in [0.2, 0.25) is 0 Å². The van der Waals surface area contributed by atoms with Crippen LogP contribution in [-0.2, 0) is 17.8 Å². The van der Waals surface area contributed by atoms with Crippen LogP contribution >= 0.6 is 0 Å². The topological polar surface area (TPSA) is 47.0 Å². The zero-order valence-electron chi connectivity index (χ0n) is 11.5. The highest BCUT2D eigenvalue weighted by atomic mass is 19.3. The van der Waals surface area contributed by atoms with E-state index in [-0.39, 0.29) is 12.4 Å². The molecule has 1 aromatic heterocycles. The summed E-state index contributed by atoms with van der Waals surface area (Å²) >= 11 is 0. The first kappa shape index (κ1) is 16.6. The molecule has 0 unspecified atom stereocenters. The summed E-state index contributed by atoms with van der Waals surface area (Å²) in [5.41, 5.74) is 1.61. The summed E-state index contributed by atoms with van der Waals surface area (Å²) in [6.07, 6.45) is -3.11. The van der Waals surface area contributed by atoms with Gasteiger partial charge in [0.05, 0.1) is 0 Å². The molecule has 114 valence electrons. The molecule has 0 aliphatic carbocycles. The second-order valence-corrected chi connectivity index (χ2v) is 4.22. The summed E-state index contributed by atoms with van der Waals surface area (Å²) in [5.74, 6) is -3.41. The minimum Gasteiger partial charge on any atom is -0.373 e. The largest absolute Gasteiger partial charge is 0.373 e. The van der Waals surface area contributed by atoms with Crippen LogP contribution in [-0.4, -0.2) is 36.0 Å². The van der Waals surface area contributed by atoms with Crippen molar-refractivity contribution in [2.24, 2.45) is 0 Å². The van der Waals surface area contributed by atoms with Crippen LogP contribution < -0.4 is 5.32 Å². The molecule has 1 heterocycles. The van der Waals surface area contributed by atoms with E-state index in [1.165, 1.54) is 0 Å². The summed E-state index contributed by atoms with van der Waals surface area (Å²) in [7, 11) is 1.67. The number of alkyl halides is 4. The molecule has 0 aliphatic rings. The molecule has 0 spiro atoms. The molecule has 1 N–H and O–H groups in total. The van der Waals surface area contributed by atoms with Gasteiger partial charge in [-0.3, -0.25) is 0 Å². The second kappa shape index (κ2) is 6.83. The van der Waals surface area contributed by atoms with E-state index in [1.807, 2.05) is 13.8 Å². The molecule has 0 saturated carbocycles. The van der Waals surface area contributed by atoms with E-state index < -0.39 is 19.0 Å². The smallest absolute Gasteiger partial charge is 0.330 e. The van der Waals surface area contributed by atoms with Crippen molar-refractivity contribution in [3.05, 3.63) is 17.1 Å². The average molecular weight is 295 g/mol. The number of nitrogens with one attached hydrogen (secondary N) is 1. The Morgan fingerprint density at radius 3 is 2.45 bits per heavy atom. The van der Waals surface area contributed by atoms with Crippen LogP contribution in [0.4, 0.5) is 23.4 Å². The summed E-state index contributed by atoms with van der Waals surface area (Å²) in [5, 5.41) is 2.86. The fourth-order valence-corrected chi connectivity index (χ4v) is 1.61. The lowest BCUT2D eigenvalue weighted by Gasteiger charge is -2.15. The van der Waals surface area contributed by atoms with E-state index in [1.54, 1.807) is 7.05 Å². The van der Waals surface area contributed by atoms with Crippen LogP contribution in [0.5, 0.6) is 0 Å². The van der Waals surface area contributed by atoms with Gasteiger partial charge >= 0.3 is 12.3 Å². The fourth-order valence-electron chi connectivity index (χ4n) is 1.61. The molecule has 20 heavy (non-hydrogen) atoms. The molecule has 0 saturated heterocycles. The number of aryl methyl sites for hydroxylation is 1. The number of ether oxygens (including phenoxy) is 1. The van der Waals surface area contributed by atoms with Crippen LogP contribution in [0, 0.1) is 6.92 Å². The van der Waals surface area contributed by atoms with E-state index in [9.17, 15) is 17.6 Å². The highest BCUT2D eigenvalue weighted by Crippen LogP contribution is 2.23. The molecular weight excluding hydrogens is 278 g/mol. The maximum absolute atomic E-state index is 12.7. The minimum atomic E-state index is -4.16. The van der Waals surface area contributed by atoms with Gasteiger partial charge in [0.15, 0.2) is 5.82 Å². The van der Waals surface area contributed by atoms with Gasteiger partial charge in [-0.1, -0.05) is 6.92 Å². The number of nitrogens with zero attached hydrogens (tertiary/aromatic N) is 2. The fraction of sp³-hybridized carbons (Fsp3) is 0.667. The van der Waals surface area contributed by atoms with Crippen molar-refractivity contribution in [2.45, 2.75) is 39.2 Å². The van der Waals surface area contributed by atoms with Crippen molar-refractivity contribution in [3.63, 3.8) is 0 Å². The highest BCUT2D eigenvalue weighted by molar-refractivity contribution is 5.45. The monoisotopic (exact) mass is 295 g/mol. The number of anilines is 1. The van der Waals surface area contributed by atoms with E-state index >= 15 is 0 Å². The summed E-state index contributed by atoms with van der Waals surface area (Å²) in [4.78, 5) is 8.24. The lowest BCUT2D eigenvalue weighted by Crippen LogP contribution is -2.32. The summed E-state index contributed by atoms with van der Waals surface area (Å²) in [6.45, 7) is 2.02. The molecule has 0 aliphatic heterocycles. The lowest BCUT2D eigenvalue weighted by molar-refractivity contribution is -0.168. The molecule has 8 heteroatoms. The van der Waals surface area contributed by atoms with Crippen molar-refractivity contribution >= 4 is 5.82 Å². The van der Waals surface area contributed by atoms with Crippen LogP contribution in [0.3, 0.4) is 0 Å². The standard InChI is InChI=1S/C12H17F4N3O/c1-4-8-7(2)10(17-3)19-9(18-8)5-20-6-12(15,16)11(13)14/h11H,4-6H2,1-3H3,(H,17,18,19). The predicted molar refractivity (Wildman–Crippen MR) is 66.3 cm³/mol. The van der Waals surface area contributed by atoms with E-state index in [4.69, 9.17) is 0 Å². The normalized spacial score (nSPS) is 12.0. The quantitative estimate of drug-likeness (QED) is 0.786. The molecule has 0 radical (unpaired) electrons. The molecule has 0 amide bonds. The van der Waals surface area contributed by atoms with Gasteiger partial charge in [-0.15, -0.1) is 0 Å². The first-order chi connectivity index (χ1) is 9.31. The van der Waals surface area contributed by atoms with Gasteiger partial charge in [0.2, 0.25) is 0 Å². The van der Waals surface area contributed by atoms with Crippen molar-refractivity contribution in [3.8, 4) is 0 Å². The first-order valence-corrected chi connectivity index (χ1v) is 6.09. The molecule has 0 atom stereocenters. The van der Waals surface area contributed by atoms with Gasteiger partial charge < -0.3 is 10.1 Å². The van der Waals surface area contributed by atoms with Gasteiger partial charge in [-0.05, 0) is 13.3 Å². The number of halogens is 4. The minimum absolute atomic E-state index is 0.182.